The molecule has 5 saturated heterocycles. The second kappa shape index (κ2) is 19.2. The highest BCUT2D eigenvalue weighted by molar-refractivity contribution is 6.23. The zero-order valence-electron chi connectivity index (χ0n) is 39.5. The van der Waals surface area contributed by atoms with Crippen LogP contribution in [0, 0.1) is 5.92 Å². The number of imide groups is 2. The first-order valence-electron chi connectivity index (χ1n) is 25.2. The number of anilines is 2. The lowest BCUT2D eigenvalue weighted by molar-refractivity contribution is -0.136. The topological polar surface area (TPSA) is 199 Å². The summed E-state index contributed by atoms with van der Waals surface area (Å²) < 4.78 is 8.04. The van der Waals surface area contributed by atoms with Gasteiger partial charge in [0, 0.05) is 88.7 Å². The van der Waals surface area contributed by atoms with Gasteiger partial charge in [-0.15, -0.1) is 0 Å². The quantitative estimate of drug-likeness (QED) is 0.195. The number of amides is 7. The minimum Gasteiger partial charge on any atom is -0.457 e. The number of piperazine rings is 1. The number of ether oxygens (including phenoxy) is 1. The molecule has 11 rings (SSSR count). The summed E-state index contributed by atoms with van der Waals surface area (Å²) in [5.74, 6) is 0.0893. The number of nitrogens with one attached hydrogen (secondary N) is 2. The Kier molecular flexibility index (Phi) is 12.5. The van der Waals surface area contributed by atoms with Crippen molar-refractivity contribution in [2.45, 2.75) is 82.0 Å². The van der Waals surface area contributed by atoms with Crippen LogP contribution >= 0.6 is 0 Å². The van der Waals surface area contributed by atoms with Crippen molar-refractivity contribution in [3.8, 4) is 22.8 Å². The Morgan fingerprint density at radius 1 is 0.657 bits per heavy atom. The number of carbonyl (C=O) groups excluding carboxylic acids is 6. The van der Waals surface area contributed by atoms with Crippen LogP contribution in [-0.2, 0) is 9.59 Å². The Morgan fingerprint density at radius 2 is 1.29 bits per heavy atom. The molecule has 0 radical (unpaired) electrons. The van der Waals surface area contributed by atoms with Crippen LogP contribution in [0.15, 0.2) is 72.8 Å². The van der Waals surface area contributed by atoms with Gasteiger partial charge >= 0.3 is 6.03 Å². The van der Waals surface area contributed by atoms with Gasteiger partial charge in [0.05, 0.1) is 17.2 Å². The summed E-state index contributed by atoms with van der Waals surface area (Å²) in [5, 5.41) is 10.8. The van der Waals surface area contributed by atoms with E-state index in [9.17, 15) is 28.8 Å². The predicted molar refractivity (Wildman–Crippen MR) is 261 cm³/mol. The maximum absolute atomic E-state index is 13.8. The molecule has 0 spiro atoms. The Balaban J connectivity index is 0.627. The van der Waals surface area contributed by atoms with Crippen LogP contribution < -0.4 is 26.0 Å². The maximum Gasteiger partial charge on any atom is 0.320 e. The summed E-state index contributed by atoms with van der Waals surface area (Å²) in [6.45, 7) is 9.05. The molecular weight excluding hydrogens is 891 g/mol. The fourth-order valence-electron chi connectivity index (χ4n) is 12.2. The number of rotatable bonds is 9. The lowest BCUT2D eigenvalue weighted by Gasteiger charge is -2.46. The van der Waals surface area contributed by atoms with Gasteiger partial charge < -0.3 is 35.4 Å². The summed E-state index contributed by atoms with van der Waals surface area (Å²) in [5.41, 5.74) is 9.30. The number of urea groups is 1. The third-order valence-electron chi connectivity index (χ3n) is 16.0. The number of likely N-dealkylation sites (tertiary alicyclic amines) is 3. The standard InChI is InChI=1S/C52H61N11O7/c53-47(65)45-46(34-6-9-39(10-7-34)70-38-4-2-1-3-5-38)56-63-42(14-21-54-48(45)63)33-15-22-57(23-16-33)35-17-24-60(25-18-35)52(69)61-26-19-36(20-27-61)58-28-30-59(31-29-58)37-8-11-40-41(32-37)51(68)62(50(40)67)43-12-13-44(64)55-49(43)66/h1-11,32-33,35-36,42-43,54H,12-31H2,(H2,53,65)(H,55,64,66). The highest BCUT2D eigenvalue weighted by Gasteiger charge is 2.45. The number of nitrogens with two attached hydrogens (primary N) is 1. The SMILES string of the molecule is NC(=O)c1c(-c2ccc(Oc3ccccc3)cc2)nn2c1NCCC2C1CCN(C2CCN(C(=O)N3CCC(N4CCN(c5ccc6c(c5)C(=O)N(C5CCC(=O)NC5=O)C6=O)CC4)CC3)CC2)CC1. The summed E-state index contributed by atoms with van der Waals surface area (Å²) in [6.07, 6.45) is 7.05. The predicted octanol–water partition coefficient (Wildman–Crippen LogP) is 4.78. The Bertz CT molecular complexity index is 2660. The zero-order valence-corrected chi connectivity index (χ0v) is 39.5. The van der Waals surface area contributed by atoms with E-state index in [2.05, 4.69) is 30.2 Å². The van der Waals surface area contributed by atoms with E-state index < -0.39 is 35.6 Å². The van der Waals surface area contributed by atoms with Gasteiger partial charge in [-0.25, -0.2) is 9.48 Å². The number of aromatic nitrogens is 2. The molecule has 0 bridgehead atoms. The molecule has 2 atom stereocenters. The van der Waals surface area contributed by atoms with E-state index >= 15 is 0 Å². The maximum atomic E-state index is 13.8. The van der Waals surface area contributed by atoms with E-state index in [1.807, 2.05) is 70.2 Å². The fourth-order valence-corrected chi connectivity index (χ4v) is 12.2. The average Bonchev–Trinajstić information content (AvgIpc) is 3.91. The van der Waals surface area contributed by atoms with Crippen molar-refractivity contribution < 1.29 is 33.5 Å². The minimum atomic E-state index is -0.984. The lowest BCUT2D eigenvalue weighted by Crippen LogP contribution is -2.56. The van der Waals surface area contributed by atoms with Gasteiger partial charge in [0.2, 0.25) is 11.8 Å². The molecular formula is C52H61N11O7. The number of para-hydroxylation sites is 1. The van der Waals surface area contributed by atoms with Gasteiger partial charge in [0.1, 0.15) is 34.6 Å². The Labute approximate surface area is 407 Å². The van der Waals surface area contributed by atoms with Gasteiger partial charge in [0.25, 0.3) is 17.7 Å². The smallest absolute Gasteiger partial charge is 0.320 e. The van der Waals surface area contributed by atoms with E-state index in [-0.39, 0.29) is 30.5 Å². The molecule has 70 heavy (non-hydrogen) atoms. The normalized spacial score (nSPS) is 23.3. The molecule has 2 unspecified atom stereocenters. The number of fused-ring (bicyclic) bond motifs is 2. The average molecular weight is 952 g/mol. The second-order valence-electron chi connectivity index (χ2n) is 19.9. The van der Waals surface area contributed by atoms with Crippen molar-refractivity contribution in [2.75, 3.05) is 82.2 Å². The van der Waals surface area contributed by atoms with Crippen LogP contribution in [0.25, 0.3) is 11.3 Å². The summed E-state index contributed by atoms with van der Waals surface area (Å²) in [6, 6.07) is 22.8. The molecule has 7 amide bonds. The lowest BCUT2D eigenvalue weighted by atomic mass is 9.85. The van der Waals surface area contributed by atoms with E-state index in [0.29, 0.717) is 46.4 Å². The Hall–Kier alpha value is -6.79. The monoisotopic (exact) mass is 951 g/mol. The van der Waals surface area contributed by atoms with E-state index in [4.69, 9.17) is 15.6 Å². The molecule has 7 aliphatic rings. The molecule has 0 aliphatic carbocycles. The summed E-state index contributed by atoms with van der Waals surface area (Å²) >= 11 is 0. The summed E-state index contributed by atoms with van der Waals surface area (Å²) in [4.78, 5) is 90.1. The molecule has 18 heteroatoms. The second-order valence-corrected chi connectivity index (χ2v) is 19.9. The van der Waals surface area contributed by atoms with Crippen molar-refractivity contribution in [3.05, 3.63) is 89.5 Å². The first-order chi connectivity index (χ1) is 34.1. The van der Waals surface area contributed by atoms with Gasteiger partial charge in [-0.05, 0) is 125 Å². The van der Waals surface area contributed by atoms with Crippen LogP contribution in [0.1, 0.15) is 94.9 Å². The third kappa shape index (κ3) is 8.75. The first kappa shape index (κ1) is 45.6. The van der Waals surface area contributed by atoms with Crippen molar-refractivity contribution in [2.24, 2.45) is 11.7 Å². The molecule has 0 saturated carbocycles. The van der Waals surface area contributed by atoms with E-state index in [0.717, 1.165) is 139 Å². The molecule has 4 aromatic rings. The fraction of sp³-hybridized carbons (Fsp3) is 0.481. The number of carbonyl (C=O) groups is 6. The van der Waals surface area contributed by atoms with Crippen LogP contribution in [-0.4, -0.2) is 160 Å². The molecule has 8 heterocycles. The van der Waals surface area contributed by atoms with Crippen molar-refractivity contribution in [1.29, 1.82) is 0 Å². The van der Waals surface area contributed by atoms with Gasteiger partial charge in [-0.3, -0.25) is 39.1 Å². The third-order valence-corrected chi connectivity index (χ3v) is 16.0. The Morgan fingerprint density at radius 3 is 1.93 bits per heavy atom. The van der Waals surface area contributed by atoms with E-state index in [1.165, 1.54) is 0 Å². The number of piperidine rings is 4. The van der Waals surface area contributed by atoms with Gasteiger partial charge in [0.15, 0.2) is 0 Å². The van der Waals surface area contributed by atoms with Crippen molar-refractivity contribution in [3.63, 3.8) is 0 Å². The number of primary amides is 1. The number of benzene rings is 3. The number of hydrogen-bond donors (Lipinski definition) is 3. The van der Waals surface area contributed by atoms with Crippen LogP contribution in [0.3, 0.4) is 0 Å². The van der Waals surface area contributed by atoms with Crippen LogP contribution in [0.2, 0.25) is 0 Å². The molecule has 18 nitrogen and oxygen atoms in total. The molecule has 4 N–H and O–H groups in total. The van der Waals surface area contributed by atoms with Crippen LogP contribution in [0.4, 0.5) is 16.3 Å². The number of hydrogen-bond acceptors (Lipinski definition) is 12. The molecule has 5 fully saturated rings. The van der Waals surface area contributed by atoms with Gasteiger partial charge in [-0.1, -0.05) is 18.2 Å². The molecule has 3 aromatic carbocycles. The highest BCUT2D eigenvalue weighted by atomic mass is 16.5. The van der Waals surface area contributed by atoms with Crippen LogP contribution in [0.5, 0.6) is 11.5 Å². The first-order valence-corrected chi connectivity index (χ1v) is 25.2. The minimum absolute atomic E-state index is 0.0852. The highest BCUT2D eigenvalue weighted by Crippen LogP contribution is 2.41. The van der Waals surface area contributed by atoms with Crippen molar-refractivity contribution in [1.82, 2.24) is 39.6 Å². The molecule has 366 valence electrons. The van der Waals surface area contributed by atoms with Gasteiger partial charge in [-0.2, -0.15) is 5.10 Å². The molecule has 1 aromatic heterocycles. The zero-order chi connectivity index (χ0) is 48.0. The van der Waals surface area contributed by atoms with E-state index in [1.54, 1.807) is 12.1 Å². The molecule has 7 aliphatic heterocycles. The largest absolute Gasteiger partial charge is 0.457 e. The number of nitrogens with zero attached hydrogens (tertiary/aromatic N) is 8. The summed E-state index contributed by atoms with van der Waals surface area (Å²) in [7, 11) is 0. The van der Waals surface area contributed by atoms with Crippen molar-refractivity contribution >= 4 is 47.1 Å².